The van der Waals surface area contributed by atoms with E-state index in [-0.39, 0.29) is 0 Å². The third kappa shape index (κ3) is 4.13. The van der Waals surface area contributed by atoms with E-state index in [1.807, 2.05) is 91.0 Å². The van der Waals surface area contributed by atoms with Crippen LogP contribution in [0.3, 0.4) is 0 Å². The number of hydrogen-bond donors (Lipinski definition) is 0. The zero-order chi connectivity index (χ0) is 25.8. The van der Waals surface area contributed by atoms with Crippen LogP contribution in [0, 0.1) is 0 Å². The summed E-state index contributed by atoms with van der Waals surface area (Å²) in [5, 5.41) is 3.53. The second-order valence-corrected chi connectivity index (χ2v) is 16.5. The fourth-order valence-electron chi connectivity index (χ4n) is 4.77. The van der Waals surface area contributed by atoms with Gasteiger partial charge in [-0.1, -0.05) is 0 Å². The minimum atomic E-state index is -3.28. The molecule has 0 spiro atoms. The molecule has 0 aromatic heterocycles. The van der Waals surface area contributed by atoms with E-state index in [2.05, 4.69) is 0 Å². The maximum absolute atomic E-state index is 7.15. The third-order valence-corrected chi connectivity index (χ3v) is 18.8. The quantitative estimate of drug-likeness (QED) is 0.161. The van der Waals surface area contributed by atoms with Gasteiger partial charge in [0.1, 0.15) is 0 Å². The molecule has 0 heterocycles. The standard InChI is InChI=1S/3C10H5Cl2.Sb/c3*11-9-6-10(12)8-5-3-1-2-4-7(8)9;/h3*1-5H;. The molecular weight excluding hydrogens is 695 g/mol. The predicted molar refractivity (Wildman–Crippen MR) is 164 cm³/mol. The molecule has 0 aromatic rings. The fraction of sp³-hybridized carbons (Fsp3) is 0. The van der Waals surface area contributed by atoms with E-state index in [1.165, 1.54) is 0 Å². The Hall–Kier alpha value is -1.34. The molecule has 0 bridgehead atoms. The molecule has 0 unspecified atom stereocenters. The Morgan fingerprint density at radius 3 is 0.676 bits per heavy atom. The maximum atomic E-state index is 7.15. The van der Waals surface area contributed by atoms with E-state index < -0.39 is 20.2 Å². The summed E-state index contributed by atoms with van der Waals surface area (Å²) in [5.41, 5.74) is 5.20. The Bertz CT molecular complexity index is 1400. The molecule has 0 N–H and O–H groups in total. The predicted octanol–water partition coefficient (Wildman–Crippen LogP) is 9.44. The van der Waals surface area contributed by atoms with Crippen molar-refractivity contribution in [2.24, 2.45) is 0 Å². The van der Waals surface area contributed by atoms with Crippen LogP contribution in [0.1, 0.15) is 0 Å². The summed E-state index contributed by atoms with van der Waals surface area (Å²) >= 11 is 39.6. The van der Waals surface area contributed by atoms with Gasteiger partial charge in [0.2, 0.25) is 0 Å². The summed E-state index contributed by atoms with van der Waals surface area (Å²) < 4.78 is 2.54. The average Bonchev–Trinajstić information content (AvgIpc) is 3.21. The number of rotatable bonds is 3. The van der Waals surface area contributed by atoms with Crippen LogP contribution in [-0.2, 0) is 0 Å². The minimum absolute atomic E-state index is 0.588. The van der Waals surface area contributed by atoms with Gasteiger partial charge in [0, 0.05) is 0 Å². The Morgan fingerprint density at radius 1 is 0.297 bits per heavy atom. The van der Waals surface area contributed by atoms with E-state index in [0.29, 0.717) is 30.1 Å². The van der Waals surface area contributed by atoms with Crippen molar-refractivity contribution in [3.05, 3.63) is 121 Å². The van der Waals surface area contributed by atoms with Gasteiger partial charge < -0.3 is 0 Å². The van der Waals surface area contributed by atoms with E-state index in [9.17, 15) is 0 Å². The topological polar surface area (TPSA) is 0 Å². The van der Waals surface area contributed by atoms with Crippen molar-refractivity contribution in [3.8, 4) is 33.4 Å². The van der Waals surface area contributed by atoms with Crippen LogP contribution in [0.5, 0.6) is 0 Å². The molecular formula is C30H15Cl6Sb. The van der Waals surface area contributed by atoms with Gasteiger partial charge in [0.25, 0.3) is 0 Å². The number of halogens is 6. The van der Waals surface area contributed by atoms with Gasteiger partial charge >= 0.3 is 255 Å². The normalized spacial score (nSPS) is 11.8. The van der Waals surface area contributed by atoms with Gasteiger partial charge in [0.15, 0.2) is 0 Å². The first kappa shape index (κ1) is 25.9. The van der Waals surface area contributed by atoms with Crippen LogP contribution in [0.2, 0.25) is 30.1 Å². The van der Waals surface area contributed by atoms with Crippen molar-refractivity contribution in [2.75, 3.05) is 0 Å². The molecule has 0 nitrogen and oxygen atoms in total. The molecule has 0 aliphatic heterocycles. The zero-order valence-electron chi connectivity index (χ0n) is 18.9. The molecule has 6 aliphatic carbocycles. The van der Waals surface area contributed by atoms with Crippen molar-refractivity contribution >= 4 is 100 Å². The van der Waals surface area contributed by atoms with Crippen molar-refractivity contribution in [1.29, 1.82) is 0 Å². The zero-order valence-corrected chi connectivity index (χ0v) is 26.0. The Balaban J connectivity index is 1.79. The Labute approximate surface area is 252 Å². The summed E-state index contributed by atoms with van der Waals surface area (Å²) in [6, 6.07) is 29.4. The second kappa shape index (κ2) is 10.3. The van der Waals surface area contributed by atoms with E-state index in [1.54, 1.807) is 0 Å². The van der Waals surface area contributed by atoms with Gasteiger partial charge in [-0.3, -0.25) is 0 Å². The van der Waals surface area contributed by atoms with Crippen molar-refractivity contribution in [3.63, 3.8) is 0 Å². The molecule has 7 heteroatoms. The third-order valence-electron chi connectivity index (χ3n) is 6.45. The number of hydrogen-bond acceptors (Lipinski definition) is 0. The Kier molecular flexibility index (Phi) is 7.23. The SMILES string of the molecule is Clc1c2cccccc-2c(Cl)[c]1[Sb]([c]1c(Cl)c2cccccc-2c1Cl)[c]1c(Cl)c2cccccc-2c1Cl. The molecule has 37 heavy (non-hydrogen) atoms. The van der Waals surface area contributed by atoms with E-state index >= 15 is 0 Å². The van der Waals surface area contributed by atoms with E-state index in [0.717, 1.165) is 43.9 Å². The molecule has 6 rings (SSSR count). The summed E-state index contributed by atoms with van der Waals surface area (Å²) in [6.45, 7) is 0. The summed E-state index contributed by atoms with van der Waals surface area (Å²) in [5.74, 6) is 0. The van der Waals surface area contributed by atoms with Crippen LogP contribution in [0.4, 0.5) is 0 Å². The molecule has 0 saturated carbocycles. The van der Waals surface area contributed by atoms with Crippen LogP contribution < -0.4 is 10.5 Å². The van der Waals surface area contributed by atoms with Crippen molar-refractivity contribution in [2.45, 2.75) is 0 Å². The average molecular weight is 710 g/mol. The first-order chi connectivity index (χ1) is 17.9. The number of fused-ring (bicyclic) bond motifs is 3. The molecule has 0 radical (unpaired) electrons. The first-order valence-electron chi connectivity index (χ1n) is 11.3. The van der Waals surface area contributed by atoms with Gasteiger partial charge in [-0.15, -0.1) is 0 Å². The molecule has 0 atom stereocenters. The molecule has 0 amide bonds. The summed E-state index contributed by atoms with van der Waals surface area (Å²) in [7, 11) is 0. The van der Waals surface area contributed by atoms with Gasteiger partial charge in [-0.25, -0.2) is 0 Å². The molecule has 0 saturated heterocycles. The van der Waals surface area contributed by atoms with Crippen molar-refractivity contribution in [1.82, 2.24) is 0 Å². The van der Waals surface area contributed by atoms with Gasteiger partial charge in [-0.2, -0.15) is 0 Å². The van der Waals surface area contributed by atoms with Crippen LogP contribution >= 0.6 is 69.6 Å². The summed E-state index contributed by atoms with van der Waals surface area (Å²) in [6.07, 6.45) is 0. The van der Waals surface area contributed by atoms with Crippen LogP contribution in [0.15, 0.2) is 91.0 Å². The van der Waals surface area contributed by atoms with E-state index in [4.69, 9.17) is 69.6 Å². The van der Waals surface area contributed by atoms with Gasteiger partial charge in [-0.05, 0) is 0 Å². The fourth-order valence-corrected chi connectivity index (χ4v) is 17.2. The van der Waals surface area contributed by atoms with Crippen LogP contribution in [0.25, 0.3) is 33.4 Å². The molecule has 0 aromatic carbocycles. The monoisotopic (exact) mass is 706 g/mol. The van der Waals surface area contributed by atoms with Gasteiger partial charge in [0.05, 0.1) is 0 Å². The Morgan fingerprint density at radius 2 is 0.486 bits per heavy atom. The van der Waals surface area contributed by atoms with Crippen molar-refractivity contribution < 1.29 is 0 Å². The molecule has 0 fully saturated rings. The first-order valence-corrected chi connectivity index (χ1v) is 17.4. The second-order valence-electron chi connectivity index (χ2n) is 8.48. The van der Waals surface area contributed by atoms with Crippen LogP contribution in [-0.4, -0.2) is 20.2 Å². The molecule has 182 valence electrons. The molecule has 6 aliphatic rings. The summed E-state index contributed by atoms with van der Waals surface area (Å²) in [4.78, 5) is 0.